The molecule has 1 saturated heterocycles. The molecule has 0 amide bonds. The van der Waals surface area contributed by atoms with E-state index < -0.39 is 15.1 Å². The number of methoxy groups -OCH3 is 1. The zero-order valence-electron chi connectivity index (χ0n) is 18.6. The van der Waals surface area contributed by atoms with Crippen molar-refractivity contribution in [2.24, 2.45) is 0 Å². The first kappa shape index (κ1) is 22.7. The van der Waals surface area contributed by atoms with Gasteiger partial charge in [0.1, 0.15) is 12.1 Å². The van der Waals surface area contributed by atoms with E-state index in [2.05, 4.69) is 25.6 Å². The Bertz CT molecular complexity index is 1250. The molecule has 11 heteroatoms. The highest BCUT2D eigenvalue weighted by Gasteiger charge is 2.25. The lowest BCUT2D eigenvalue weighted by atomic mass is 10.1. The van der Waals surface area contributed by atoms with Crippen molar-refractivity contribution in [1.29, 1.82) is 0 Å². The highest BCUT2D eigenvalue weighted by atomic mass is 32.2. The van der Waals surface area contributed by atoms with E-state index >= 15 is 0 Å². The SMILES string of the molecule is COc1cc(N2CC(O)C2)ccc1Nc1ncnc(Nc2ccccc2S(=O)(=O)C(C)C)n1. The maximum atomic E-state index is 12.7. The van der Waals surface area contributed by atoms with Crippen molar-refractivity contribution in [2.75, 3.05) is 35.7 Å². The average Bonchev–Trinajstić information content (AvgIpc) is 2.78. The van der Waals surface area contributed by atoms with Gasteiger partial charge in [-0.15, -0.1) is 0 Å². The molecule has 0 saturated carbocycles. The maximum Gasteiger partial charge on any atom is 0.232 e. The van der Waals surface area contributed by atoms with E-state index in [1.807, 2.05) is 23.1 Å². The number of sulfone groups is 1. The molecular weight excluding hydrogens is 444 g/mol. The Morgan fingerprint density at radius 3 is 2.36 bits per heavy atom. The predicted octanol–water partition coefficient (Wildman–Crippen LogP) is 2.73. The fourth-order valence-corrected chi connectivity index (χ4v) is 4.58. The van der Waals surface area contributed by atoms with Crippen LogP contribution in [-0.2, 0) is 9.84 Å². The van der Waals surface area contributed by atoms with E-state index in [0.717, 1.165) is 5.69 Å². The lowest BCUT2D eigenvalue weighted by Crippen LogP contribution is -2.50. The number of anilines is 5. The van der Waals surface area contributed by atoms with Crippen LogP contribution in [0.1, 0.15) is 13.8 Å². The van der Waals surface area contributed by atoms with Gasteiger partial charge in [0, 0.05) is 24.8 Å². The molecule has 2 heterocycles. The van der Waals surface area contributed by atoms with Gasteiger partial charge in [-0.3, -0.25) is 0 Å². The summed E-state index contributed by atoms with van der Waals surface area (Å²) >= 11 is 0. The van der Waals surface area contributed by atoms with Crippen molar-refractivity contribution in [3.8, 4) is 5.75 Å². The van der Waals surface area contributed by atoms with Crippen LogP contribution < -0.4 is 20.3 Å². The number of β-amino-alcohol motifs (C(OH)–C–C–N with tert-alkyl or cyclic N) is 1. The number of benzene rings is 2. The van der Waals surface area contributed by atoms with Crippen LogP contribution in [0.15, 0.2) is 53.7 Å². The summed E-state index contributed by atoms with van der Waals surface area (Å²) in [5, 5.41) is 15.1. The van der Waals surface area contributed by atoms with Crippen LogP contribution in [0.25, 0.3) is 0 Å². The first-order chi connectivity index (χ1) is 15.8. The number of rotatable bonds is 8. The minimum absolute atomic E-state index is 0.184. The number of para-hydroxylation sites is 1. The number of ether oxygens (including phenoxy) is 1. The van der Waals surface area contributed by atoms with Gasteiger partial charge in [0.25, 0.3) is 0 Å². The Kier molecular flexibility index (Phi) is 6.34. The van der Waals surface area contributed by atoms with E-state index in [1.54, 1.807) is 45.2 Å². The van der Waals surface area contributed by atoms with Crippen LogP contribution in [0.2, 0.25) is 0 Å². The molecule has 0 atom stereocenters. The Morgan fingerprint density at radius 1 is 1.06 bits per heavy atom. The lowest BCUT2D eigenvalue weighted by molar-refractivity contribution is 0.142. The van der Waals surface area contributed by atoms with Crippen LogP contribution in [-0.4, -0.2) is 60.0 Å². The summed E-state index contributed by atoms with van der Waals surface area (Å²) in [6, 6.07) is 12.3. The molecule has 10 nitrogen and oxygen atoms in total. The first-order valence-electron chi connectivity index (χ1n) is 10.4. The Balaban J connectivity index is 1.55. The van der Waals surface area contributed by atoms with Gasteiger partial charge in [-0.1, -0.05) is 12.1 Å². The summed E-state index contributed by atoms with van der Waals surface area (Å²) in [6.07, 6.45) is 1.03. The van der Waals surface area contributed by atoms with E-state index in [9.17, 15) is 13.5 Å². The molecule has 3 aromatic rings. The van der Waals surface area contributed by atoms with Crippen LogP contribution in [0.3, 0.4) is 0 Å². The highest BCUT2D eigenvalue weighted by Crippen LogP contribution is 2.33. The van der Waals surface area contributed by atoms with Gasteiger partial charge in [-0.05, 0) is 38.1 Å². The van der Waals surface area contributed by atoms with Gasteiger partial charge in [0.05, 0.1) is 34.7 Å². The normalized spacial score (nSPS) is 14.2. The number of hydrogen-bond donors (Lipinski definition) is 3. The third kappa shape index (κ3) is 4.83. The van der Waals surface area contributed by atoms with Gasteiger partial charge >= 0.3 is 0 Å². The lowest BCUT2D eigenvalue weighted by Gasteiger charge is -2.38. The summed E-state index contributed by atoms with van der Waals surface area (Å²) in [5.41, 5.74) is 1.99. The third-order valence-electron chi connectivity index (χ3n) is 5.29. The number of aliphatic hydroxyl groups is 1. The smallest absolute Gasteiger partial charge is 0.232 e. The molecule has 1 fully saturated rings. The minimum Gasteiger partial charge on any atom is -0.494 e. The molecule has 1 aliphatic heterocycles. The summed E-state index contributed by atoms with van der Waals surface area (Å²) in [5.74, 6) is 1.06. The molecule has 0 spiro atoms. The Morgan fingerprint density at radius 2 is 1.73 bits per heavy atom. The molecule has 174 valence electrons. The second-order valence-electron chi connectivity index (χ2n) is 7.92. The van der Waals surface area contributed by atoms with Crippen molar-refractivity contribution in [3.63, 3.8) is 0 Å². The van der Waals surface area contributed by atoms with Crippen LogP contribution in [0, 0.1) is 0 Å². The minimum atomic E-state index is -3.49. The third-order valence-corrected chi connectivity index (χ3v) is 7.50. The number of aliphatic hydroxyl groups excluding tert-OH is 1. The second-order valence-corrected chi connectivity index (χ2v) is 10.4. The zero-order valence-corrected chi connectivity index (χ0v) is 19.4. The quantitative estimate of drug-likeness (QED) is 0.452. The molecule has 0 unspecified atom stereocenters. The molecule has 0 radical (unpaired) electrons. The van der Waals surface area contributed by atoms with Crippen molar-refractivity contribution < 1.29 is 18.3 Å². The standard InChI is InChI=1S/C22H26N6O4S/c1-14(2)33(30,31)20-7-5-4-6-18(20)26-22-24-13-23-21(27-22)25-17-9-8-15(10-19(17)32-3)28-11-16(29)12-28/h4-10,13-14,16,29H,11-12H2,1-3H3,(H2,23,24,25,26,27). The molecule has 1 aromatic heterocycles. The van der Waals surface area contributed by atoms with Crippen LogP contribution in [0.4, 0.5) is 29.0 Å². The van der Waals surface area contributed by atoms with Crippen molar-refractivity contribution in [3.05, 3.63) is 48.8 Å². The fourth-order valence-electron chi connectivity index (χ4n) is 3.38. The summed E-state index contributed by atoms with van der Waals surface area (Å²) in [7, 11) is -1.92. The molecule has 0 aliphatic carbocycles. The fraction of sp³-hybridized carbons (Fsp3) is 0.318. The maximum absolute atomic E-state index is 12.7. The Labute approximate surface area is 192 Å². The van der Waals surface area contributed by atoms with E-state index in [0.29, 0.717) is 30.2 Å². The van der Waals surface area contributed by atoms with Crippen LogP contribution in [0.5, 0.6) is 5.75 Å². The van der Waals surface area contributed by atoms with Crippen molar-refractivity contribution in [1.82, 2.24) is 15.0 Å². The van der Waals surface area contributed by atoms with Crippen LogP contribution >= 0.6 is 0 Å². The summed E-state index contributed by atoms with van der Waals surface area (Å²) in [6.45, 7) is 4.46. The topological polar surface area (TPSA) is 130 Å². The zero-order chi connectivity index (χ0) is 23.6. The molecule has 33 heavy (non-hydrogen) atoms. The molecule has 3 N–H and O–H groups in total. The Hall–Kier alpha value is -3.44. The molecule has 2 aromatic carbocycles. The number of nitrogens with zero attached hydrogens (tertiary/aromatic N) is 4. The largest absolute Gasteiger partial charge is 0.494 e. The highest BCUT2D eigenvalue weighted by molar-refractivity contribution is 7.92. The monoisotopic (exact) mass is 470 g/mol. The average molecular weight is 471 g/mol. The van der Waals surface area contributed by atoms with Gasteiger partial charge < -0.3 is 25.4 Å². The van der Waals surface area contributed by atoms with Crippen molar-refractivity contribution in [2.45, 2.75) is 30.1 Å². The predicted molar refractivity (Wildman–Crippen MR) is 126 cm³/mol. The summed E-state index contributed by atoms with van der Waals surface area (Å²) < 4.78 is 30.9. The second kappa shape index (κ2) is 9.20. The number of nitrogens with one attached hydrogen (secondary N) is 2. The molecule has 1 aliphatic rings. The number of hydrogen-bond acceptors (Lipinski definition) is 10. The molecule has 4 rings (SSSR count). The van der Waals surface area contributed by atoms with Gasteiger partial charge in [0.15, 0.2) is 9.84 Å². The summed E-state index contributed by atoms with van der Waals surface area (Å²) in [4.78, 5) is 14.9. The van der Waals surface area contributed by atoms with E-state index in [1.165, 1.54) is 6.33 Å². The molecular formula is C22H26N6O4S. The van der Waals surface area contributed by atoms with Gasteiger partial charge in [0.2, 0.25) is 11.9 Å². The van der Waals surface area contributed by atoms with E-state index in [-0.39, 0.29) is 22.9 Å². The molecule has 0 bridgehead atoms. The van der Waals surface area contributed by atoms with Gasteiger partial charge in [-0.25, -0.2) is 18.4 Å². The van der Waals surface area contributed by atoms with Crippen molar-refractivity contribution >= 4 is 38.8 Å². The van der Waals surface area contributed by atoms with E-state index in [4.69, 9.17) is 4.74 Å². The first-order valence-corrected chi connectivity index (χ1v) is 12.0. The number of aromatic nitrogens is 3. The van der Waals surface area contributed by atoms with Gasteiger partial charge in [-0.2, -0.15) is 4.98 Å².